The SMILES string of the molecule is CNC(=O)N(CCC=O)c1ccc(N2CCN(C3CCC(CO)CC3)CC2)cc1. The van der Waals surface area contributed by atoms with Gasteiger partial charge >= 0.3 is 6.03 Å². The normalized spacial score (nSPS) is 22.9. The standard InChI is InChI=1S/C22H34N4O3/c1-23-22(29)26(11-2-16-27)21-9-7-20(8-10-21)25-14-12-24(13-15-25)19-5-3-18(17-28)4-6-19/h7-10,16,18-19,28H,2-6,11-15,17H2,1H3,(H,23,29). The zero-order valence-electron chi connectivity index (χ0n) is 17.4. The molecule has 2 fully saturated rings. The molecule has 1 aliphatic carbocycles. The van der Waals surface area contributed by atoms with Crippen molar-refractivity contribution >= 4 is 23.7 Å². The van der Waals surface area contributed by atoms with E-state index in [0.29, 0.717) is 31.5 Å². The summed E-state index contributed by atoms with van der Waals surface area (Å²) >= 11 is 0. The van der Waals surface area contributed by atoms with Crippen molar-refractivity contribution in [3.8, 4) is 0 Å². The lowest BCUT2D eigenvalue weighted by Gasteiger charge is -2.42. The molecule has 1 saturated carbocycles. The van der Waals surface area contributed by atoms with Gasteiger partial charge in [-0.2, -0.15) is 0 Å². The van der Waals surface area contributed by atoms with Gasteiger partial charge in [-0.15, -0.1) is 0 Å². The van der Waals surface area contributed by atoms with Crippen LogP contribution in [0.2, 0.25) is 0 Å². The maximum atomic E-state index is 12.1. The fourth-order valence-corrected chi connectivity index (χ4v) is 4.55. The molecule has 160 valence electrons. The van der Waals surface area contributed by atoms with Gasteiger partial charge in [0.2, 0.25) is 0 Å². The lowest BCUT2D eigenvalue weighted by Crippen LogP contribution is -2.51. The van der Waals surface area contributed by atoms with Gasteiger partial charge in [0, 0.05) is 70.2 Å². The predicted octanol–water partition coefficient (Wildman–Crippen LogP) is 2.09. The molecule has 1 aliphatic heterocycles. The van der Waals surface area contributed by atoms with Gasteiger partial charge in [-0.05, 0) is 55.9 Å². The Balaban J connectivity index is 1.54. The van der Waals surface area contributed by atoms with Gasteiger partial charge in [-0.1, -0.05) is 0 Å². The molecule has 0 radical (unpaired) electrons. The van der Waals surface area contributed by atoms with Crippen molar-refractivity contribution in [2.75, 3.05) is 56.2 Å². The fourth-order valence-electron chi connectivity index (χ4n) is 4.55. The summed E-state index contributed by atoms with van der Waals surface area (Å²) in [6, 6.07) is 8.50. The van der Waals surface area contributed by atoms with Crippen molar-refractivity contribution in [2.45, 2.75) is 38.1 Å². The van der Waals surface area contributed by atoms with Crippen molar-refractivity contribution in [3.05, 3.63) is 24.3 Å². The molecule has 1 saturated heterocycles. The third kappa shape index (κ3) is 5.48. The van der Waals surface area contributed by atoms with E-state index >= 15 is 0 Å². The topological polar surface area (TPSA) is 76.1 Å². The maximum absolute atomic E-state index is 12.1. The second-order valence-corrected chi connectivity index (χ2v) is 8.06. The van der Waals surface area contributed by atoms with Gasteiger partial charge in [-0.25, -0.2) is 4.79 Å². The summed E-state index contributed by atoms with van der Waals surface area (Å²) in [5, 5.41) is 12.0. The van der Waals surface area contributed by atoms with E-state index < -0.39 is 0 Å². The number of rotatable bonds is 7. The van der Waals surface area contributed by atoms with Crippen LogP contribution in [-0.2, 0) is 4.79 Å². The Kier molecular flexibility index (Phi) is 7.89. The number of aliphatic hydroxyl groups is 1. The third-order valence-corrected chi connectivity index (χ3v) is 6.36. The smallest absolute Gasteiger partial charge is 0.321 e. The number of nitrogens with one attached hydrogen (secondary N) is 1. The summed E-state index contributed by atoms with van der Waals surface area (Å²) in [7, 11) is 1.60. The number of carbonyl (C=O) groups excluding carboxylic acids is 2. The Bertz CT molecular complexity index is 651. The number of carbonyl (C=O) groups is 2. The Morgan fingerprint density at radius 1 is 1.14 bits per heavy atom. The minimum absolute atomic E-state index is 0.205. The number of aldehydes is 1. The van der Waals surface area contributed by atoms with E-state index in [-0.39, 0.29) is 6.03 Å². The number of nitrogens with zero attached hydrogens (tertiary/aromatic N) is 3. The second-order valence-electron chi connectivity index (χ2n) is 8.06. The van der Waals surface area contributed by atoms with Crippen molar-refractivity contribution in [1.29, 1.82) is 0 Å². The first-order valence-electron chi connectivity index (χ1n) is 10.8. The number of hydrogen-bond donors (Lipinski definition) is 2. The first-order valence-corrected chi connectivity index (χ1v) is 10.8. The van der Waals surface area contributed by atoms with Crippen LogP contribution in [0.4, 0.5) is 16.2 Å². The molecule has 3 rings (SSSR count). The van der Waals surface area contributed by atoms with E-state index in [2.05, 4.69) is 27.2 Å². The van der Waals surface area contributed by atoms with E-state index in [1.807, 2.05) is 12.1 Å². The lowest BCUT2D eigenvalue weighted by atomic mass is 9.85. The van der Waals surface area contributed by atoms with Crippen LogP contribution in [0, 0.1) is 5.92 Å². The quantitative estimate of drug-likeness (QED) is 0.683. The predicted molar refractivity (Wildman–Crippen MR) is 116 cm³/mol. The van der Waals surface area contributed by atoms with Gasteiger partial charge in [0.1, 0.15) is 6.29 Å². The number of benzene rings is 1. The highest BCUT2D eigenvalue weighted by Gasteiger charge is 2.28. The van der Waals surface area contributed by atoms with Gasteiger partial charge in [0.05, 0.1) is 0 Å². The van der Waals surface area contributed by atoms with Crippen molar-refractivity contribution in [1.82, 2.24) is 10.2 Å². The zero-order chi connectivity index (χ0) is 20.6. The molecule has 0 aromatic heterocycles. The lowest BCUT2D eigenvalue weighted by molar-refractivity contribution is -0.107. The number of piperazine rings is 1. The largest absolute Gasteiger partial charge is 0.396 e. The molecule has 2 aliphatic rings. The minimum Gasteiger partial charge on any atom is -0.396 e. The van der Waals surface area contributed by atoms with Crippen LogP contribution in [0.25, 0.3) is 0 Å². The zero-order valence-corrected chi connectivity index (χ0v) is 17.4. The van der Waals surface area contributed by atoms with Gasteiger partial charge in [0.25, 0.3) is 0 Å². The van der Waals surface area contributed by atoms with Crippen molar-refractivity contribution in [2.24, 2.45) is 5.92 Å². The summed E-state index contributed by atoms with van der Waals surface area (Å²) < 4.78 is 0. The fraction of sp³-hybridized carbons (Fsp3) is 0.636. The molecule has 0 unspecified atom stereocenters. The van der Waals surface area contributed by atoms with Crippen LogP contribution in [0.5, 0.6) is 0 Å². The molecule has 7 heteroatoms. The van der Waals surface area contributed by atoms with E-state index in [1.165, 1.54) is 18.5 Å². The third-order valence-electron chi connectivity index (χ3n) is 6.36. The second kappa shape index (κ2) is 10.6. The van der Waals surface area contributed by atoms with Crippen LogP contribution in [-0.4, -0.2) is 74.7 Å². The van der Waals surface area contributed by atoms with Crippen molar-refractivity contribution in [3.63, 3.8) is 0 Å². The Morgan fingerprint density at radius 2 is 1.79 bits per heavy atom. The average Bonchev–Trinajstić information content (AvgIpc) is 2.79. The van der Waals surface area contributed by atoms with E-state index in [9.17, 15) is 14.7 Å². The average molecular weight is 403 g/mol. The first-order chi connectivity index (χ1) is 14.2. The summed E-state index contributed by atoms with van der Waals surface area (Å²) in [4.78, 5) is 29.4. The summed E-state index contributed by atoms with van der Waals surface area (Å²) in [6.45, 7) is 4.86. The Hall–Kier alpha value is -2.12. The molecule has 0 spiro atoms. The maximum Gasteiger partial charge on any atom is 0.321 e. The van der Waals surface area contributed by atoms with E-state index in [4.69, 9.17) is 0 Å². The molecule has 0 atom stereocenters. The number of amides is 2. The molecule has 7 nitrogen and oxygen atoms in total. The summed E-state index contributed by atoms with van der Waals surface area (Å²) in [5.41, 5.74) is 1.97. The summed E-state index contributed by atoms with van der Waals surface area (Å²) in [5.74, 6) is 0.506. The highest BCUT2D eigenvalue weighted by Crippen LogP contribution is 2.29. The molecule has 0 bridgehead atoms. The molecule has 1 heterocycles. The molecule has 29 heavy (non-hydrogen) atoms. The minimum atomic E-state index is -0.205. The Labute approximate surface area is 173 Å². The highest BCUT2D eigenvalue weighted by molar-refractivity contribution is 5.92. The number of hydrogen-bond acceptors (Lipinski definition) is 5. The molecule has 2 amide bonds. The molecular weight excluding hydrogens is 368 g/mol. The molecular formula is C22H34N4O3. The van der Waals surface area contributed by atoms with Gasteiger partial charge in [-0.3, -0.25) is 9.80 Å². The first kappa shape index (κ1) is 21.6. The number of aliphatic hydroxyl groups excluding tert-OH is 1. The van der Waals surface area contributed by atoms with Gasteiger partial charge in [0.15, 0.2) is 0 Å². The van der Waals surface area contributed by atoms with Crippen LogP contribution in [0.3, 0.4) is 0 Å². The molecule has 2 N–H and O–H groups in total. The number of urea groups is 1. The molecule has 1 aromatic carbocycles. The van der Waals surface area contributed by atoms with Crippen LogP contribution >= 0.6 is 0 Å². The van der Waals surface area contributed by atoms with E-state index in [1.54, 1.807) is 11.9 Å². The van der Waals surface area contributed by atoms with Crippen LogP contribution in [0.15, 0.2) is 24.3 Å². The van der Waals surface area contributed by atoms with E-state index in [0.717, 1.165) is 51.0 Å². The Morgan fingerprint density at radius 3 is 2.34 bits per heavy atom. The van der Waals surface area contributed by atoms with Crippen LogP contribution in [0.1, 0.15) is 32.1 Å². The monoisotopic (exact) mass is 402 g/mol. The molecule has 1 aromatic rings. The van der Waals surface area contributed by atoms with Crippen molar-refractivity contribution < 1.29 is 14.7 Å². The number of anilines is 2. The van der Waals surface area contributed by atoms with Crippen LogP contribution < -0.4 is 15.1 Å². The van der Waals surface area contributed by atoms with Gasteiger partial charge < -0.3 is 20.1 Å². The summed E-state index contributed by atoms with van der Waals surface area (Å²) in [6.07, 6.45) is 5.85. The highest BCUT2D eigenvalue weighted by atomic mass is 16.3.